The number of hydrogen-bond acceptors (Lipinski definition) is 3. The van der Waals surface area contributed by atoms with Crippen LogP contribution < -0.4 is 9.64 Å². The number of cyclic esters (lactones) is 1. The number of methoxy groups -OCH3 is 1. The fourth-order valence-corrected chi connectivity index (χ4v) is 3.02. The number of benzene rings is 2. The Morgan fingerprint density at radius 1 is 1.22 bits per heavy atom. The van der Waals surface area contributed by atoms with Crippen LogP contribution in [0, 0.1) is 0 Å². The van der Waals surface area contributed by atoms with Gasteiger partial charge in [0.05, 0.1) is 7.11 Å². The highest BCUT2D eigenvalue weighted by Gasteiger charge is 2.42. The molecule has 120 valence electrons. The predicted molar refractivity (Wildman–Crippen MR) is 90.2 cm³/mol. The van der Waals surface area contributed by atoms with Gasteiger partial charge in [-0.25, -0.2) is 4.79 Å². The van der Waals surface area contributed by atoms with E-state index in [1.54, 1.807) is 24.1 Å². The molecule has 2 aromatic rings. The highest BCUT2D eigenvalue weighted by Crippen LogP contribution is 2.39. The van der Waals surface area contributed by atoms with Crippen molar-refractivity contribution < 1.29 is 14.3 Å². The normalized spacial score (nSPS) is 20.5. The molecule has 3 rings (SSSR count). The fourth-order valence-electron chi connectivity index (χ4n) is 2.89. The minimum absolute atomic E-state index is 0.191. The second-order valence-electron chi connectivity index (χ2n) is 5.40. The summed E-state index contributed by atoms with van der Waals surface area (Å²) >= 11 is 5.95. The van der Waals surface area contributed by atoms with Crippen molar-refractivity contribution in [2.75, 3.05) is 12.0 Å². The van der Waals surface area contributed by atoms with Crippen LogP contribution in [0.5, 0.6) is 5.75 Å². The van der Waals surface area contributed by atoms with Gasteiger partial charge in [0.2, 0.25) is 0 Å². The lowest BCUT2D eigenvalue weighted by atomic mass is 9.98. The molecule has 1 saturated heterocycles. The molecule has 2 atom stereocenters. The van der Waals surface area contributed by atoms with Gasteiger partial charge >= 0.3 is 6.09 Å². The van der Waals surface area contributed by atoms with Crippen LogP contribution in [-0.4, -0.2) is 19.3 Å². The van der Waals surface area contributed by atoms with E-state index in [1.165, 1.54) is 0 Å². The molecule has 0 unspecified atom stereocenters. The van der Waals surface area contributed by atoms with E-state index in [2.05, 4.69) is 0 Å². The van der Waals surface area contributed by atoms with Crippen molar-refractivity contribution in [1.29, 1.82) is 0 Å². The molecule has 0 bridgehead atoms. The summed E-state index contributed by atoms with van der Waals surface area (Å²) in [4.78, 5) is 14.1. The third-order valence-electron chi connectivity index (χ3n) is 4.02. The lowest BCUT2D eigenvalue weighted by Gasteiger charge is -2.25. The molecule has 0 aromatic heterocycles. The van der Waals surface area contributed by atoms with E-state index in [4.69, 9.17) is 21.1 Å². The first-order valence-corrected chi connectivity index (χ1v) is 7.91. The van der Waals surface area contributed by atoms with Gasteiger partial charge in [0, 0.05) is 10.7 Å². The zero-order valence-corrected chi connectivity index (χ0v) is 13.8. The van der Waals surface area contributed by atoms with Crippen molar-refractivity contribution in [2.45, 2.75) is 25.5 Å². The minimum Gasteiger partial charge on any atom is -0.497 e. The van der Waals surface area contributed by atoms with E-state index >= 15 is 0 Å². The Morgan fingerprint density at radius 2 is 1.96 bits per heavy atom. The average Bonchev–Trinajstić information content (AvgIpc) is 2.92. The van der Waals surface area contributed by atoms with Crippen molar-refractivity contribution in [3.8, 4) is 5.75 Å². The van der Waals surface area contributed by atoms with Crippen molar-refractivity contribution in [1.82, 2.24) is 0 Å². The molecule has 1 aliphatic heterocycles. The smallest absolute Gasteiger partial charge is 0.415 e. The Kier molecular flexibility index (Phi) is 4.44. The molecule has 0 spiro atoms. The molecule has 0 radical (unpaired) electrons. The quantitative estimate of drug-likeness (QED) is 0.805. The summed E-state index contributed by atoms with van der Waals surface area (Å²) in [6.45, 7) is 2.01. The summed E-state index contributed by atoms with van der Waals surface area (Å²) in [5, 5.41) is 0.631. The molecule has 1 aliphatic rings. The van der Waals surface area contributed by atoms with Crippen LogP contribution >= 0.6 is 11.6 Å². The molecule has 2 aromatic carbocycles. The zero-order chi connectivity index (χ0) is 16.4. The Morgan fingerprint density at radius 3 is 2.61 bits per heavy atom. The summed E-state index contributed by atoms with van der Waals surface area (Å²) < 4.78 is 10.9. The van der Waals surface area contributed by atoms with Crippen LogP contribution in [0.2, 0.25) is 5.02 Å². The van der Waals surface area contributed by atoms with Crippen molar-refractivity contribution in [2.24, 2.45) is 0 Å². The molecule has 23 heavy (non-hydrogen) atoms. The topological polar surface area (TPSA) is 38.8 Å². The first kappa shape index (κ1) is 15.7. The Bertz CT molecular complexity index is 702. The standard InChI is InChI=1S/C18H18ClNO3/c1-3-16-17(12-5-4-6-15(11-12)22-2)20(18(21)23-16)14-9-7-13(19)8-10-14/h4-11,16-17H,3H2,1-2H3/t16-,17-/m0/s1. The third kappa shape index (κ3) is 2.99. The Hall–Kier alpha value is -2.20. The average molecular weight is 332 g/mol. The lowest BCUT2D eigenvalue weighted by molar-refractivity contribution is 0.129. The Balaban J connectivity index is 2.04. The number of anilines is 1. The molecule has 1 fully saturated rings. The highest BCUT2D eigenvalue weighted by atomic mass is 35.5. The highest BCUT2D eigenvalue weighted by molar-refractivity contribution is 6.30. The van der Waals surface area contributed by atoms with Gasteiger partial charge < -0.3 is 9.47 Å². The van der Waals surface area contributed by atoms with Crippen LogP contribution in [0.1, 0.15) is 24.9 Å². The SMILES string of the molecule is CC[C@@H]1OC(=O)N(c2ccc(Cl)cc2)[C@H]1c1cccc(OC)c1. The van der Waals surface area contributed by atoms with Crippen LogP contribution in [0.4, 0.5) is 10.5 Å². The van der Waals surface area contributed by atoms with Crippen molar-refractivity contribution in [3.05, 3.63) is 59.1 Å². The second kappa shape index (κ2) is 6.50. The number of amides is 1. The summed E-state index contributed by atoms with van der Waals surface area (Å²) in [5.41, 5.74) is 1.75. The largest absolute Gasteiger partial charge is 0.497 e. The molecular formula is C18H18ClNO3. The maximum Gasteiger partial charge on any atom is 0.415 e. The summed E-state index contributed by atoms with van der Waals surface area (Å²) in [6, 6.07) is 14.7. The van der Waals surface area contributed by atoms with Gasteiger partial charge in [-0.15, -0.1) is 0 Å². The molecule has 1 amide bonds. The minimum atomic E-state index is -0.341. The van der Waals surface area contributed by atoms with Gasteiger partial charge in [0.1, 0.15) is 17.9 Å². The third-order valence-corrected chi connectivity index (χ3v) is 4.27. The molecule has 0 saturated carbocycles. The van der Waals surface area contributed by atoms with Crippen LogP contribution in [0.3, 0.4) is 0 Å². The van der Waals surface area contributed by atoms with E-state index < -0.39 is 0 Å². The van der Waals surface area contributed by atoms with E-state index in [9.17, 15) is 4.79 Å². The van der Waals surface area contributed by atoms with Crippen molar-refractivity contribution in [3.63, 3.8) is 0 Å². The molecule has 0 aliphatic carbocycles. The molecule has 1 heterocycles. The maximum atomic E-state index is 12.4. The van der Waals surface area contributed by atoms with Gasteiger partial charge in [-0.05, 0) is 48.4 Å². The van der Waals surface area contributed by atoms with Crippen LogP contribution in [-0.2, 0) is 4.74 Å². The number of hydrogen-bond donors (Lipinski definition) is 0. The van der Waals surface area contributed by atoms with E-state index in [1.807, 2.05) is 43.3 Å². The number of rotatable bonds is 4. The maximum absolute atomic E-state index is 12.4. The molecule has 5 heteroatoms. The number of halogens is 1. The van der Waals surface area contributed by atoms with Crippen LogP contribution in [0.15, 0.2) is 48.5 Å². The van der Waals surface area contributed by atoms with E-state index in [0.717, 1.165) is 23.4 Å². The predicted octanol–water partition coefficient (Wildman–Crippen LogP) is 4.83. The lowest BCUT2D eigenvalue weighted by Crippen LogP contribution is -2.29. The zero-order valence-electron chi connectivity index (χ0n) is 13.0. The molecular weight excluding hydrogens is 314 g/mol. The van der Waals surface area contributed by atoms with Crippen molar-refractivity contribution >= 4 is 23.4 Å². The van der Waals surface area contributed by atoms with E-state index in [-0.39, 0.29) is 18.2 Å². The fraction of sp³-hybridized carbons (Fsp3) is 0.278. The van der Waals surface area contributed by atoms with Gasteiger partial charge in [0.15, 0.2) is 0 Å². The number of carbonyl (C=O) groups excluding carboxylic acids is 1. The van der Waals surface area contributed by atoms with Crippen LogP contribution in [0.25, 0.3) is 0 Å². The number of nitrogens with zero attached hydrogens (tertiary/aromatic N) is 1. The Labute approximate surface area is 140 Å². The van der Waals surface area contributed by atoms with Gasteiger partial charge in [0.25, 0.3) is 0 Å². The summed E-state index contributed by atoms with van der Waals surface area (Å²) in [5.74, 6) is 0.757. The molecule has 0 N–H and O–H groups in total. The number of ether oxygens (including phenoxy) is 2. The van der Waals surface area contributed by atoms with Gasteiger partial charge in [-0.2, -0.15) is 0 Å². The second-order valence-corrected chi connectivity index (χ2v) is 5.83. The van der Waals surface area contributed by atoms with E-state index in [0.29, 0.717) is 5.02 Å². The monoisotopic (exact) mass is 331 g/mol. The van der Waals surface area contributed by atoms with Gasteiger partial charge in [-0.3, -0.25) is 4.90 Å². The first-order chi connectivity index (χ1) is 11.1. The number of carbonyl (C=O) groups is 1. The van der Waals surface area contributed by atoms with Gasteiger partial charge in [-0.1, -0.05) is 30.7 Å². The molecule has 4 nitrogen and oxygen atoms in total. The summed E-state index contributed by atoms with van der Waals surface area (Å²) in [6.07, 6.45) is 0.190. The first-order valence-electron chi connectivity index (χ1n) is 7.53. The summed E-state index contributed by atoms with van der Waals surface area (Å²) in [7, 11) is 1.63.